The Morgan fingerprint density at radius 1 is 1.11 bits per heavy atom. The minimum absolute atomic E-state index is 0.0882. The summed E-state index contributed by atoms with van der Waals surface area (Å²) in [4.78, 5) is 30.3. The molecule has 1 aromatic heterocycles. The lowest BCUT2D eigenvalue weighted by Gasteiger charge is -2.32. The Kier molecular flexibility index (Phi) is 5.96. The smallest absolute Gasteiger partial charge is 0.352 e. The molecule has 28 heavy (non-hydrogen) atoms. The first kappa shape index (κ1) is 19.9. The van der Waals surface area contributed by atoms with Gasteiger partial charge in [-0.1, -0.05) is 12.1 Å². The number of rotatable bonds is 4. The summed E-state index contributed by atoms with van der Waals surface area (Å²) in [5.74, 6) is -0.712. The predicted octanol–water partition coefficient (Wildman–Crippen LogP) is 3.38. The molecule has 0 bridgehead atoms. The summed E-state index contributed by atoms with van der Waals surface area (Å²) >= 11 is 0. The third-order valence-corrected chi connectivity index (χ3v) is 4.84. The Morgan fingerprint density at radius 3 is 2.46 bits per heavy atom. The first-order chi connectivity index (χ1) is 13.4. The van der Waals surface area contributed by atoms with Crippen molar-refractivity contribution in [3.8, 4) is 0 Å². The van der Waals surface area contributed by atoms with Gasteiger partial charge in [0, 0.05) is 32.0 Å². The van der Waals surface area contributed by atoms with Gasteiger partial charge in [-0.25, -0.2) is 0 Å². The normalized spacial score (nSPS) is 15.3. The minimum Gasteiger partial charge on any atom is -0.352 e. The molecule has 2 aromatic rings. The van der Waals surface area contributed by atoms with Crippen LogP contribution in [0.15, 0.2) is 48.8 Å². The zero-order chi connectivity index (χ0) is 20.1. The van der Waals surface area contributed by atoms with Gasteiger partial charge in [0.2, 0.25) is 0 Å². The second-order valence-corrected chi connectivity index (χ2v) is 6.73. The number of likely N-dealkylation sites (tertiary alicyclic amines) is 1. The first-order valence-corrected chi connectivity index (χ1v) is 9.00. The van der Waals surface area contributed by atoms with Gasteiger partial charge in [0.25, 0.3) is 11.8 Å². The highest BCUT2D eigenvalue weighted by Gasteiger charge is 2.35. The number of halogens is 3. The third kappa shape index (κ3) is 4.68. The fraction of sp³-hybridized carbons (Fsp3) is 0.350. The molecule has 8 heteroatoms. The highest BCUT2D eigenvalue weighted by molar-refractivity contribution is 5.96. The zero-order valence-corrected chi connectivity index (χ0v) is 15.1. The van der Waals surface area contributed by atoms with Gasteiger partial charge in [0.1, 0.15) is 0 Å². The maximum absolute atomic E-state index is 13.0. The van der Waals surface area contributed by atoms with E-state index in [2.05, 4.69) is 10.3 Å². The average Bonchev–Trinajstić information content (AvgIpc) is 2.72. The van der Waals surface area contributed by atoms with E-state index in [0.717, 1.165) is 6.07 Å². The molecular weight excluding hydrogens is 371 g/mol. The third-order valence-electron chi connectivity index (χ3n) is 4.84. The SMILES string of the molecule is O=C(NCC1CCN(C(=O)c2cccnc2)CC1)c1ccccc1C(F)(F)F. The molecule has 0 atom stereocenters. The number of aromatic nitrogens is 1. The molecule has 0 saturated carbocycles. The average molecular weight is 391 g/mol. The number of benzene rings is 1. The lowest BCUT2D eigenvalue weighted by atomic mass is 9.96. The number of amides is 2. The van der Waals surface area contributed by atoms with Crippen LogP contribution in [0.2, 0.25) is 0 Å². The van der Waals surface area contributed by atoms with Gasteiger partial charge in [-0.2, -0.15) is 13.2 Å². The van der Waals surface area contributed by atoms with Crippen molar-refractivity contribution in [1.29, 1.82) is 0 Å². The van der Waals surface area contributed by atoms with Gasteiger partial charge in [-0.15, -0.1) is 0 Å². The number of carbonyl (C=O) groups is 2. The van der Waals surface area contributed by atoms with Crippen molar-refractivity contribution >= 4 is 11.8 Å². The summed E-state index contributed by atoms with van der Waals surface area (Å²) in [6, 6.07) is 8.15. The molecular formula is C20H20F3N3O2. The Morgan fingerprint density at radius 2 is 1.82 bits per heavy atom. The second-order valence-electron chi connectivity index (χ2n) is 6.73. The van der Waals surface area contributed by atoms with Gasteiger partial charge >= 0.3 is 6.18 Å². The predicted molar refractivity (Wildman–Crippen MR) is 96.6 cm³/mol. The van der Waals surface area contributed by atoms with Crippen molar-refractivity contribution < 1.29 is 22.8 Å². The second kappa shape index (κ2) is 8.41. The summed E-state index contributed by atoms with van der Waals surface area (Å²) < 4.78 is 39.1. The maximum atomic E-state index is 13.0. The number of hydrogen-bond donors (Lipinski definition) is 1. The van der Waals surface area contributed by atoms with E-state index in [1.54, 1.807) is 23.2 Å². The Hall–Kier alpha value is -2.90. The molecule has 2 amide bonds. The molecule has 1 N–H and O–H groups in total. The molecule has 1 aliphatic heterocycles. The maximum Gasteiger partial charge on any atom is 0.417 e. The van der Waals surface area contributed by atoms with Crippen molar-refractivity contribution in [2.45, 2.75) is 19.0 Å². The molecule has 1 fully saturated rings. The summed E-state index contributed by atoms with van der Waals surface area (Å²) in [5, 5.41) is 2.60. The quantitative estimate of drug-likeness (QED) is 0.869. The van der Waals surface area contributed by atoms with Crippen LogP contribution < -0.4 is 5.32 Å². The number of pyridine rings is 1. The van der Waals surface area contributed by atoms with Crippen molar-refractivity contribution in [1.82, 2.24) is 15.2 Å². The molecule has 0 unspecified atom stereocenters. The van der Waals surface area contributed by atoms with E-state index in [1.165, 1.54) is 24.4 Å². The molecule has 0 aliphatic carbocycles. The van der Waals surface area contributed by atoms with Crippen molar-refractivity contribution in [3.63, 3.8) is 0 Å². The number of nitrogens with one attached hydrogen (secondary N) is 1. The molecule has 0 spiro atoms. The van der Waals surface area contributed by atoms with E-state index >= 15 is 0 Å². The number of carbonyl (C=O) groups excluding carboxylic acids is 2. The molecule has 1 saturated heterocycles. The molecule has 1 aromatic carbocycles. The monoisotopic (exact) mass is 391 g/mol. The highest BCUT2D eigenvalue weighted by Crippen LogP contribution is 2.31. The van der Waals surface area contributed by atoms with Gasteiger partial charge < -0.3 is 10.2 Å². The van der Waals surface area contributed by atoms with Crippen LogP contribution in [-0.2, 0) is 6.18 Å². The lowest BCUT2D eigenvalue weighted by molar-refractivity contribution is -0.137. The van der Waals surface area contributed by atoms with Gasteiger partial charge in [-0.05, 0) is 43.0 Å². The Bertz CT molecular complexity index is 832. The van der Waals surface area contributed by atoms with E-state index in [0.29, 0.717) is 31.5 Å². The van der Waals surface area contributed by atoms with E-state index in [9.17, 15) is 22.8 Å². The molecule has 5 nitrogen and oxygen atoms in total. The van der Waals surface area contributed by atoms with Crippen LogP contribution in [0.3, 0.4) is 0 Å². The fourth-order valence-corrected chi connectivity index (χ4v) is 3.27. The van der Waals surface area contributed by atoms with Crippen LogP contribution in [0.4, 0.5) is 13.2 Å². The summed E-state index contributed by atoms with van der Waals surface area (Å²) in [6.07, 6.45) is -0.109. The zero-order valence-electron chi connectivity index (χ0n) is 15.1. The molecule has 0 radical (unpaired) electrons. The van der Waals surface area contributed by atoms with Crippen molar-refractivity contribution in [3.05, 3.63) is 65.5 Å². The fourth-order valence-electron chi connectivity index (χ4n) is 3.27. The summed E-state index contributed by atoms with van der Waals surface area (Å²) in [6.45, 7) is 1.35. The van der Waals surface area contributed by atoms with Crippen molar-refractivity contribution in [2.75, 3.05) is 19.6 Å². The van der Waals surface area contributed by atoms with E-state index in [1.807, 2.05) is 0 Å². The van der Waals surface area contributed by atoms with Crippen molar-refractivity contribution in [2.24, 2.45) is 5.92 Å². The lowest BCUT2D eigenvalue weighted by Crippen LogP contribution is -2.41. The van der Waals surface area contributed by atoms with Crippen LogP contribution in [0.25, 0.3) is 0 Å². The summed E-state index contributed by atoms with van der Waals surface area (Å²) in [5.41, 5.74) is -0.790. The minimum atomic E-state index is -4.58. The number of piperidine rings is 1. The standard InChI is InChI=1S/C20H20F3N3O2/c21-20(22,23)17-6-2-1-5-16(17)18(27)25-12-14-7-10-26(11-8-14)19(28)15-4-3-9-24-13-15/h1-6,9,13-14H,7-8,10-12H2,(H,25,27). The van der Waals surface area contributed by atoms with E-state index in [-0.39, 0.29) is 23.9 Å². The largest absolute Gasteiger partial charge is 0.417 e. The molecule has 1 aliphatic rings. The van der Waals surface area contributed by atoms with Gasteiger partial charge in [-0.3, -0.25) is 14.6 Å². The number of alkyl halides is 3. The molecule has 148 valence electrons. The highest BCUT2D eigenvalue weighted by atomic mass is 19.4. The number of hydrogen-bond acceptors (Lipinski definition) is 3. The molecule has 3 rings (SSSR count). The summed E-state index contributed by atoms with van der Waals surface area (Å²) in [7, 11) is 0. The van der Waals surface area contributed by atoms with Crippen LogP contribution >= 0.6 is 0 Å². The Labute approximate surface area is 160 Å². The van der Waals surface area contributed by atoms with Gasteiger partial charge in [0.05, 0.1) is 16.7 Å². The van der Waals surface area contributed by atoms with Crippen LogP contribution in [0.5, 0.6) is 0 Å². The molecule has 2 heterocycles. The first-order valence-electron chi connectivity index (χ1n) is 9.00. The Balaban J connectivity index is 1.52. The van der Waals surface area contributed by atoms with Crippen LogP contribution in [0, 0.1) is 5.92 Å². The van der Waals surface area contributed by atoms with E-state index < -0.39 is 17.6 Å². The van der Waals surface area contributed by atoms with Crippen LogP contribution in [0.1, 0.15) is 39.1 Å². The number of nitrogens with zero attached hydrogens (tertiary/aromatic N) is 2. The van der Waals surface area contributed by atoms with E-state index in [4.69, 9.17) is 0 Å². The topological polar surface area (TPSA) is 62.3 Å². The van der Waals surface area contributed by atoms with Gasteiger partial charge in [0.15, 0.2) is 0 Å². The van der Waals surface area contributed by atoms with Crippen LogP contribution in [-0.4, -0.2) is 41.3 Å².